The summed E-state index contributed by atoms with van der Waals surface area (Å²) >= 11 is 10.9. The van der Waals surface area contributed by atoms with Crippen LogP contribution < -0.4 is 0 Å². The van der Waals surface area contributed by atoms with E-state index in [0.717, 1.165) is 0 Å². The van der Waals surface area contributed by atoms with Gasteiger partial charge in [0.1, 0.15) is 16.7 Å². The topological polar surface area (TPSA) is 0 Å². The zero-order valence-electron chi connectivity index (χ0n) is 2.88. The molecule has 0 aromatic heterocycles. The highest BCUT2D eigenvalue weighted by molar-refractivity contribution is 7.51. The van der Waals surface area contributed by atoms with Gasteiger partial charge in [-0.3, -0.25) is 0 Å². The maximum absolute atomic E-state index is 5.45. The molecule has 0 fully saturated rings. The van der Waals surface area contributed by atoms with Crippen LogP contribution in [0.15, 0.2) is 0 Å². The fourth-order valence-corrected chi connectivity index (χ4v) is 12.3. The Morgan fingerprint density at radius 1 is 1.00 bits per heavy atom. The van der Waals surface area contributed by atoms with Crippen LogP contribution in [0.4, 0.5) is 0 Å². The van der Waals surface area contributed by atoms with Gasteiger partial charge >= 0.3 is 0 Å². The van der Waals surface area contributed by atoms with E-state index in [4.69, 9.17) is 22.2 Å². The van der Waals surface area contributed by atoms with Crippen molar-refractivity contribution >= 4 is 47.4 Å². The van der Waals surface area contributed by atoms with Gasteiger partial charge in [-0.2, -0.15) is 22.2 Å². The minimum atomic E-state index is -0.0451. The van der Waals surface area contributed by atoms with Crippen LogP contribution >= 0.6 is 22.2 Å². The fourth-order valence-electron chi connectivity index (χ4n) is 0.0505. The Labute approximate surface area is 47.7 Å². The molecule has 0 spiro atoms. The summed E-state index contributed by atoms with van der Waals surface area (Å²) in [6.07, 6.45) is 0. The Morgan fingerprint density at radius 2 is 1.40 bits per heavy atom. The predicted molar refractivity (Wildman–Crippen MR) is 37.3 cm³/mol. The van der Waals surface area contributed by atoms with Crippen molar-refractivity contribution in [3.8, 4) is 0 Å². The third-order valence-corrected chi connectivity index (χ3v) is 21.6. The Kier molecular flexibility index (Phi) is 6.52. The molecule has 0 unspecified atom stereocenters. The molecule has 0 N–H and O–H groups in total. The number of halogens is 2. The van der Waals surface area contributed by atoms with E-state index in [1.54, 1.807) is 0 Å². The standard InChI is InChI=1S/Cl2H6Si3/c1-3-5-4-2/h3-5H2. The monoisotopic (exact) mass is 160 g/mol. The molecule has 0 aliphatic heterocycles. The predicted octanol–water partition coefficient (Wildman–Crippen LogP) is -1.37. The first kappa shape index (κ1) is 6.23. The first-order valence-electron chi connectivity index (χ1n) is 1.53. The van der Waals surface area contributed by atoms with E-state index in [1.165, 1.54) is 0 Å². The summed E-state index contributed by atoms with van der Waals surface area (Å²) in [7, 11) is 0.150. The molecule has 5 heavy (non-hydrogen) atoms. The summed E-state index contributed by atoms with van der Waals surface area (Å²) < 4.78 is 0. The maximum atomic E-state index is 5.45. The molecule has 5 heteroatoms. The van der Waals surface area contributed by atoms with Gasteiger partial charge in [-0.25, -0.2) is 0 Å². The van der Waals surface area contributed by atoms with Crippen molar-refractivity contribution in [1.82, 2.24) is 0 Å². The zero-order valence-corrected chi connectivity index (χ0v) is 8.63. The van der Waals surface area contributed by atoms with Crippen LogP contribution in [-0.4, -0.2) is 25.2 Å². The fraction of sp³-hybridized carbons (Fsp3) is 0. The summed E-state index contributed by atoms with van der Waals surface area (Å²) in [6.45, 7) is 0. The second-order valence-electron chi connectivity index (χ2n) is 0.732. The summed E-state index contributed by atoms with van der Waals surface area (Å²) in [5.74, 6) is 0. The van der Waals surface area contributed by atoms with Crippen molar-refractivity contribution in [3.05, 3.63) is 0 Å². The van der Waals surface area contributed by atoms with Crippen molar-refractivity contribution < 1.29 is 0 Å². The molecule has 0 aliphatic rings. The van der Waals surface area contributed by atoms with Crippen LogP contribution in [0.3, 0.4) is 0 Å². The first-order valence-corrected chi connectivity index (χ1v) is 13.8. The largest absolute Gasteiger partial charge is 0.181 e. The van der Waals surface area contributed by atoms with E-state index in [9.17, 15) is 0 Å². The van der Waals surface area contributed by atoms with Gasteiger partial charge in [0.2, 0.25) is 0 Å². The number of rotatable bonds is 2. The normalized spacial score (nSPS) is 15.6. The van der Waals surface area contributed by atoms with Crippen molar-refractivity contribution in [2.24, 2.45) is 0 Å². The molecule has 32 valence electrons. The Bertz CT molecular complexity index is 12.4. The molecular weight excluding hydrogens is 155 g/mol. The molecular formula is H6Cl2Si3. The minimum absolute atomic E-state index is 0.0451. The molecule has 0 saturated heterocycles. The van der Waals surface area contributed by atoms with Gasteiger partial charge in [0.25, 0.3) is 0 Å². The Balaban J connectivity index is 2.19. The maximum Gasteiger partial charge on any atom is 0.108 e. The smallest absolute Gasteiger partial charge is 0.108 e. The Morgan fingerprint density at radius 3 is 1.40 bits per heavy atom. The minimum Gasteiger partial charge on any atom is -0.181 e. The highest BCUT2D eigenvalue weighted by Gasteiger charge is 1.77. The molecule has 0 heterocycles. The Hall–Kier alpha value is 1.23. The molecule has 0 nitrogen and oxygen atoms in total. The van der Waals surface area contributed by atoms with Gasteiger partial charge < -0.3 is 0 Å². The third kappa shape index (κ3) is 5.23. The van der Waals surface area contributed by atoms with E-state index in [1.807, 2.05) is 0 Å². The van der Waals surface area contributed by atoms with Gasteiger partial charge in [-0.05, 0) is 0 Å². The third-order valence-electron chi connectivity index (χ3n) is 0.267. The van der Waals surface area contributed by atoms with E-state index in [0.29, 0.717) is 0 Å². The van der Waals surface area contributed by atoms with Crippen molar-refractivity contribution in [2.45, 2.75) is 0 Å². The molecule has 0 aromatic rings. The lowest BCUT2D eigenvalue weighted by molar-refractivity contribution is 4.04. The van der Waals surface area contributed by atoms with Crippen molar-refractivity contribution in [1.29, 1.82) is 0 Å². The van der Waals surface area contributed by atoms with Gasteiger partial charge in [-0.15, -0.1) is 0 Å². The van der Waals surface area contributed by atoms with E-state index < -0.39 is 0 Å². The van der Waals surface area contributed by atoms with Gasteiger partial charge in [0.05, 0.1) is 0 Å². The zero-order chi connectivity index (χ0) is 4.12. The van der Waals surface area contributed by atoms with E-state index in [-0.39, 0.29) is 25.2 Å². The van der Waals surface area contributed by atoms with Gasteiger partial charge in [0, 0.05) is 8.55 Å². The van der Waals surface area contributed by atoms with Crippen LogP contribution in [0.25, 0.3) is 0 Å². The lowest BCUT2D eigenvalue weighted by Crippen LogP contribution is -1.99. The second-order valence-corrected chi connectivity index (χ2v) is 19.8. The van der Waals surface area contributed by atoms with Crippen LogP contribution in [0.2, 0.25) is 0 Å². The van der Waals surface area contributed by atoms with E-state index >= 15 is 0 Å². The second kappa shape index (κ2) is 5.23. The number of hydrogen-bond acceptors (Lipinski definition) is 0. The molecule has 0 aliphatic carbocycles. The van der Waals surface area contributed by atoms with Gasteiger partial charge in [-0.1, -0.05) is 0 Å². The highest BCUT2D eigenvalue weighted by Crippen LogP contribution is 1.65. The quantitative estimate of drug-likeness (QED) is 0.346. The molecule has 0 bridgehead atoms. The molecule has 0 aromatic carbocycles. The van der Waals surface area contributed by atoms with Crippen LogP contribution in [0.1, 0.15) is 0 Å². The SMILES string of the molecule is Cl[SiH2][SiH2][SiH2]Cl. The summed E-state index contributed by atoms with van der Waals surface area (Å²) in [5.41, 5.74) is 0. The van der Waals surface area contributed by atoms with Crippen molar-refractivity contribution in [2.75, 3.05) is 0 Å². The molecule has 0 amide bonds. The van der Waals surface area contributed by atoms with Crippen molar-refractivity contribution in [3.63, 3.8) is 0 Å². The lowest BCUT2D eigenvalue weighted by atomic mass is 26.6. The molecule has 0 radical (unpaired) electrons. The summed E-state index contributed by atoms with van der Waals surface area (Å²) in [4.78, 5) is 0. The number of hydrogen-bond donors (Lipinski definition) is 0. The average Bonchev–Trinajstić information content (AvgIpc) is 1.41. The molecule has 0 atom stereocenters. The van der Waals surface area contributed by atoms with Crippen LogP contribution in [0, 0.1) is 0 Å². The first-order chi connectivity index (χ1) is 2.41. The lowest BCUT2D eigenvalue weighted by Gasteiger charge is -1.70. The highest BCUT2D eigenvalue weighted by atomic mass is 35.6. The summed E-state index contributed by atoms with van der Waals surface area (Å²) in [5, 5.41) is 0. The molecule has 0 rings (SSSR count). The summed E-state index contributed by atoms with van der Waals surface area (Å²) in [6, 6.07) is 0. The van der Waals surface area contributed by atoms with Crippen LogP contribution in [-0.2, 0) is 0 Å². The average molecular weight is 161 g/mol. The van der Waals surface area contributed by atoms with Crippen LogP contribution in [0.5, 0.6) is 0 Å². The van der Waals surface area contributed by atoms with E-state index in [2.05, 4.69) is 0 Å². The van der Waals surface area contributed by atoms with Gasteiger partial charge in [0.15, 0.2) is 0 Å². The molecule has 0 saturated carbocycles.